The average molecular weight is 262 g/mol. The lowest BCUT2D eigenvalue weighted by molar-refractivity contribution is 0.262. The van der Waals surface area contributed by atoms with Crippen LogP contribution in [0.4, 0.5) is 5.69 Å². The Kier molecular flexibility index (Phi) is 4.59. The molecule has 18 heavy (non-hydrogen) atoms. The van der Waals surface area contributed by atoms with E-state index in [0.29, 0.717) is 6.04 Å². The number of nitrogens with zero attached hydrogens (tertiary/aromatic N) is 1. The van der Waals surface area contributed by atoms with Crippen molar-refractivity contribution in [3.05, 3.63) is 29.8 Å². The fourth-order valence-corrected chi connectivity index (χ4v) is 2.81. The monoisotopic (exact) mass is 262 g/mol. The Hall–Kier alpha value is -1.09. The van der Waals surface area contributed by atoms with Gasteiger partial charge >= 0.3 is 0 Å². The Balaban J connectivity index is 1.97. The molecule has 0 amide bonds. The van der Waals surface area contributed by atoms with Crippen molar-refractivity contribution in [2.45, 2.75) is 45.6 Å². The van der Waals surface area contributed by atoms with E-state index in [-0.39, 0.29) is 0 Å². The number of aryl methyl sites for hydroxylation is 1. The van der Waals surface area contributed by atoms with Gasteiger partial charge in [0.05, 0.1) is 0 Å². The Morgan fingerprint density at radius 1 is 1.33 bits per heavy atom. The van der Waals surface area contributed by atoms with Crippen molar-refractivity contribution in [2.24, 2.45) is 0 Å². The highest BCUT2D eigenvalue weighted by molar-refractivity contribution is 7.80. The number of thiocarbonyl (C=S) groups is 1. The van der Waals surface area contributed by atoms with Gasteiger partial charge in [0, 0.05) is 18.3 Å². The van der Waals surface area contributed by atoms with Crippen LogP contribution < -0.4 is 5.32 Å². The van der Waals surface area contributed by atoms with Crippen LogP contribution in [0.15, 0.2) is 24.3 Å². The molecule has 0 aromatic heterocycles. The highest BCUT2D eigenvalue weighted by Crippen LogP contribution is 2.18. The number of piperidine rings is 1. The van der Waals surface area contributed by atoms with Crippen LogP contribution in [0.1, 0.15) is 38.7 Å². The summed E-state index contributed by atoms with van der Waals surface area (Å²) in [6.45, 7) is 5.51. The van der Waals surface area contributed by atoms with Crippen molar-refractivity contribution in [3.63, 3.8) is 0 Å². The van der Waals surface area contributed by atoms with Crippen molar-refractivity contribution in [2.75, 3.05) is 11.9 Å². The first-order valence-corrected chi connectivity index (χ1v) is 7.28. The molecule has 1 saturated heterocycles. The van der Waals surface area contributed by atoms with E-state index in [2.05, 4.69) is 48.3 Å². The zero-order chi connectivity index (χ0) is 13.0. The quantitative estimate of drug-likeness (QED) is 0.816. The molecule has 98 valence electrons. The Labute approximate surface area is 115 Å². The van der Waals surface area contributed by atoms with Crippen molar-refractivity contribution in [1.82, 2.24) is 4.90 Å². The number of anilines is 1. The largest absolute Gasteiger partial charge is 0.346 e. The lowest BCUT2D eigenvalue weighted by Crippen LogP contribution is -2.44. The molecule has 0 spiro atoms. The van der Waals surface area contributed by atoms with Gasteiger partial charge in [0.1, 0.15) is 0 Å². The smallest absolute Gasteiger partial charge is 0.173 e. The number of hydrogen-bond donors (Lipinski definition) is 1. The summed E-state index contributed by atoms with van der Waals surface area (Å²) in [4.78, 5) is 2.31. The third-order valence-corrected chi connectivity index (χ3v) is 4.01. The van der Waals surface area contributed by atoms with Gasteiger partial charge in [0.25, 0.3) is 0 Å². The van der Waals surface area contributed by atoms with Gasteiger partial charge in [-0.2, -0.15) is 0 Å². The minimum Gasteiger partial charge on any atom is -0.346 e. The topological polar surface area (TPSA) is 15.3 Å². The van der Waals surface area contributed by atoms with Crippen LogP contribution in [0, 0.1) is 0 Å². The minimum absolute atomic E-state index is 0.564. The zero-order valence-electron chi connectivity index (χ0n) is 11.3. The molecule has 1 atom stereocenters. The molecule has 1 aromatic carbocycles. The van der Waals surface area contributed by atoms with Crippen molar-refractivity contribution < 1.29 is 0 Å². The van der Waals surface area contributed by atoms with Crippen LogP contribution in [0.5, 0.6) is 0 Å². The second-order valence-electron chi connectivity index (χ2n) is 5.02. The minimum atomic E-state index is 0.564. The van der Waals surface area contributed by atoms with Gasteiger partial charge in [-0.25, -0.2) is 0 Å². The van der Waals surface area contributed by atoms with Gasteiger partial charge < -0.3 is 10.2 Å². The van der Waals surface area contributed by atoms with Gasteiger partial charge in [-0.1, -0.05) is 19.1 Å². The molecule has 0 bridgehead atoms. The average Bonchev–Trinajstić information content (AvgIpc) is 2.40. The number of hydrogen-bond acceptors (Lipinski definition) is 1. The number of benzene rings is 1. The van der Waals surface area contributed by atoms with E-state index in [1.165, 1.54) is 24.8 Å². The normalized spacial score (nSPS) is 19.7. The molecule has 1 aliphatic rings. The summed E-state index contributed by atoms with van der Waals surface area (Å²) in [6, 6.07) is 9.10. The van der Waals surface area contributed by atoms with Gasteiger partial charge in [-0.3, -0.25) is 0 Å². The Morgan fingerprint density at radius 3 is 2.67 bits per heavy atom. The van der Waals surface area contributed by atoms with Crippen LogP contribution in [0.25, 0.3) is 0 Å². The standard InChI is InChI=1S/C15H22N2S/c1-3-13-7-9-14(10-8-13)16-15(18)17-11-5-4-6-12(17)2/h7-10,12H,3-6,11H2,1-2H3,(H,16,18)/t12-/m1/s1. The molecular formula is C15H22N2S. The predicted octanol–water partition coefficient (Wildman–Crippen LogP) is 3.82. The molecule has 1 aliphatic heterocycles. The number of rotatable bonds is 2. The van der Waals surface area contributed by atoms with Crippen molar-refractivity contribution in [3.8, 4) is 0 Å². The summed E-state index contributed by atoms with van der Waals surface area (Å²) in [5.41, 5.74) is 2.45. The first kappa shape index (κ1) is 13.3. The van der Waals surface area contributed by atoms with E-state index in [1.54, 1.807) is 0 Å². The molecule has 1 fully saturated rings. The molecule has 0 aliphatic carbocycles. The van der Waals surface area contributed by atoms with Crippen LogP contribution in [0.3, 0.4) is 0 Å². The zero-order valence-corrected chi connectivity index (χ0v) is 12.1. The first-order chi connectivity index (χ1) is 8.70. The van der Waals surface area contributed by atoms with E-state index >= 15 is 0 Å². The van der Waals surface area contributed by atoms with Crippen LogP contribution in [0.2, 0.25) is 0 Å². The van der Waals surface area contributed by atoms with E-state index < -0.39 is 0 Å². The predicted molar refractivity (Wildman–Crippen MR) is 82.1 cm³/mol. The number of nitrogens with one attached hydrogen (secondary N) is 1. The van der Waals surface area contributed by atoms with Crippen LogP contribution in [-0.2, 0) is 6.42 Å². The first-order valence-electron chi connectivity index (χ1n) is 6.87. The molecule has 1 aromatic rings. The summed E-state index contributed by atoms with van der Waals surface area (Å²) < 4.78 is 0. The Morgan fingerprint density at radius 2 is 2.06 bits per heavy atom. The molecule has 2 nitrogen and oxygen atoms in total. The van der Waals surface area contributed by atoms with E-state index in [9.17, 15) is 0 Å². The third kappa shape index (κ3) is 3.22. The second-order valence-corrected chi connectivity index (χ2v) is 5.41. The van der Waals surface area contributed by atoms with Gasteiger partial charge in [-0.05, 0) is 62.5 Å². The summed E-state index contributed by atoms with van der Waals surface area (Å²) in [5, 5.41) is 4.22. The van der Waals surface area contributed by atoms with Crippen LogP contribution >= 0.6 is 12.2 Å². The molecule has 1 heterocycles. The SMILES string of the molecule is CCc1ccc(NC(=S)N2CCCC[C@H]2C)cc1. The maximum atomic E-state index is 5.51. The molecule has 3 heteroatoms. The lowest BCUT2D eigenvalue weighted by Gasteiger charge is -2.35. The fourth-order valence-electron chi connectivity index (χ4n) is 2.42. The molecule has 1 N–H and O–H groups in total. The fraction of sp³-hybridized carbons (Fsp3) is 0.533. The summed E-state index contributed by atoms with van der Waals surface area (Å²) >= 11 is 5.51. The third-order valence-electron chi connectivity index (χ3n) is 3.68. The second kappa shape index (κ2) is 6.19. The number of likely N-dealkylation sites (tertiary alicyclic amines) is 1. The lowest BCUT2D eigenvalue weighted by atomic mass is 10.0. The van der Waals surface area contributed by atoms with E-state index in [1.807, 2.05) is 0 Å². The highest BCUT2D eigenvalue weighted by Gasteiger charge is 2.20. The van der Waals surface area contributed by atoms with Gasteiger partial charge in [0.2, 0.25) is 0 Å². The molecule has 0 radical (unpaired) electrons. The molecule has 0 unspecified atom stereocenters. The summed E-state index contributed by atoms with van der Waals surface area (Å²) in [5.74, 6) is 0. The Bertz CT molecular complexity index is 399. The van der Waals surface area contributed by atoms with E-state index in [4.69, 9.17) is 12.2 Å². The molecule has 2 rings (SSSR count). The maximum Gasteiger partial charge on any atom is 0.173 e. The molecular weight excluding hydrogens is 240 g/mol. The highest BCUT2D eigenvalue weighted by atomic mass is 32.1. The van der Waals surface area contributed by atoms with E-state index in [0.717, 1.165) is 23.8 Å². The summed E-state index contributed by atoms with van der Waals surface area (Å²) in [6.07, 6.45) is 4.90. The molecule has 0 saturated carbocycles. The van der Waals surface area contributed by atoms with Gasteiger partial charge in [-0.15, -0.1) is 0 Å². The van der Waals surface area contributed by atoms with Crippen molar-refractivity contribution >= 4 is 23.0 Å². The van der Waals surface area contributed by atoms with Crippen molar-refractivity contribution in [1.29, 1.82) is 0 Å². The maximum absolute atomic E-state index is 5.51. The summed E-state index contributed by atoms with van der Waals surface area (Å²) in [7, 11) is 0. The van der Waals surface area contributed by atoms with Crippen LogP contribution in [-0.4, -0.2) is 22.6 Å². The van der Waals surface area contributed by atoms with Gasteiger partial charge in [0.15, 0.2) is 5.11 Å².